The van der Waals surface area contributed by atoms with Crippen molar-refractivity contribution in [1.82, 2.24) is 0 Å². The predicted molar refractivity (Wildman–Crippen MR) is 159 cm³/mol. The Kier molecular flexibility index (Phi) is 12.1. The van der Waals surface area contributed by atoms with Crippen molar-refractivity contribution in [2.75, 3.05) is 18.1 Å². The van der Waals surface area contributed by atoms with Crippen LogP contribution in [0.4, 0.5) is 11.4 Å². The Balaban J connectivity index is 1.46. The van der Waals surface area contributed by atoms with Crippen molar-refractivity contribution < 1.29 is 19.1 Å². The first-order valence-corrected chi connectivity index (χ1v) is 14.3. The molecule has 0 aromatic heterocycles. The monoisotopic (exact) mass is 532 g/mol. The summed E-state index contributed by atoms with van der Waals surface area (Å²) in [4.78, 5) is 25.1. The Morgan fingerprint density at radius 1 is 1.03 bits per heavy atom. The van der Waals surface area contributed by atoms with Gasteiger partial charge in [0.1, 0.15) is 5.75 Å². The zero-order valence-electron chi connectivity index (χ0n) is 23.3. The Bertz CT molecular complexity index is 1080. The summed E-state index contributed by atoms with van der Waals surface area (Å²) in [5.41, 5.74) is 14.9. The van der Waals surface area contributed by atoms with E-state index < -0.39 is 5.97 Å². The summed E-state index contributed by atoms with van der Waals surface area (Å²) in [5, 5.41) is 0. The number of allylic oxidation sites excluding steroid dienone is 1. The number of hydrogen-bond donors (Lipinski definition) is 2. The fourth-order valence-corrected chi connectivity index (χ4v) is 5.21. The van der Waals surface area contributed by atoms with Crippen molar-refractivity contribution in [3.05, 3.63) is 72.3 Å². The van der Waals surface area contributed by atoms with E-state index in [2.05, 4.69) is 13.5 Å². The van der Waals surface area contributed by atoms with Crippen LogP contribution in [0.2, 0.25) is 0 Å². The third-order valence-corrected chi connectivity index (χ3v) is 7.52. The molecule has 0 spiro atoms. The highest BCUT2D eigenvalue weighted by Gasteiger charge is 2.27. The average Bonchev–Trinajstić information content (AvgIpc) is 2.92. The summed E-state index contributed by atoms with van der Waals surface area (Å²) in [6.07, 6.45) is 15.4. The van der Waals surface area contributed by atoms with E-state index in [1.807, 2.05) is 30.3 Å². The van der Waals surface area contributed by atoms with Crippen LogP contribution in [0, 0.1) is 11.8 Å². The molecule has 0 bridgehead atoms. The molecule has 0 heterocycles. The Morgan fingerprint density at radius 3 is 2.36 bits per heavy atom. The predicted octanol–water partition coefficient (Wildman–Crippen LogP) is 7.45. The van der Waals surface area contributed by atoms with E-state index in [1.165, 1.54) is 18.9 Å². The molecule has 1 fully saturated rings. The zero-order valence-corrected chi connectivity index (χ0v) is 23.3. The van der Waals surface area contributed by atoms with E-state index >= 15 is 0 Å². The number of hydrogen-bond acceptors (Lipinski definition) is 6. The van der Waals surface area contributed by atoms with Crippen molar-refractivity contribution in [3.8, 4) is 5.75 Å². The SMILES string of the molecule is C=CCCCC1CCC(C(=O)Oc2ccc(/C=C/C(=O)OCC(CCCC)c3cc(N)cc(N)c3)cc2)CC1. The molecular formula is C33H44N2O4. The second-order valence-corrected chi connectivity index (χ2v) is 10.7. The van der Waals surface area contributed by atoms with Gasteiger partial charge in [-0.1, -0.05) is 44.4 Å². The summed E-state index contributed by atoms with van der Waals surface area (Å²) in [5.74, 6) is 0.683. The maximum Gasteiger partial charge on any atom is 0.330 e. The molecule has 1 atom stereocenters. The van der Waals surface area contributed by atoms with Crippen LogP contribution < -0.4 is 16.2 Å². The number of carbonyl (C=O) groups is 2. The minimum atomic E-state index is -0.413. The molecule has 4 N–H and O–H groups in total. The largest absolute Gasteiger partial charge is 0.462 e. The van der Waals surface area contributed by atoms with Gasteiger partial charge in [-0.25, -0.2) is 4.79 Å². The van der Waals surface area contributed by atoms with Crippen LogP contribution in [-0.4, -0.2) is 18.5 Å². The summed E-state index contributed by atoms with van der Waals surface area (Å²) in [6, 6.07) is 12.7. The van der Waals surface area contributed by atoms with Crippen LogP contribution >= 0.6 is 0 Å². The maximum atomic E-state index is 12.6. The van der Waals surface area contributed by atoms with Crippen LogP contribution in [0.3, 0.4) is 0 Å². The fourth-order valence-electron chi connectivity index (χ4n) is 5.21. The van der Waals surface area contributed by atoms with Crippen LogP contribution in [0.15, 0.2) is 61.2 Å². The van der Waals surface area contributed by atoms with Gasteiger partial charge in [-0.2, -0.15) is 0 Å². The van der Waals surface area contributed by atoms with Gasteiger partial charge in [-0.15, -0.1) is 6.58 Å². The van der Waals surface area contributed by atoms with Gasteiger partial charge >= 0.3 is 11.9 Å². The molecule has 2 aromatic carbocycles. The molecule has 6 heteroatoms. The van der Waals surface area contributed by atoms with E-state index in [4.69, 9.17) is 20.9 Å². The van der Waals surface area contributed by atoms with Gasteiger partial charge in [-0.3, -0.25) is 4.79 Å². The number of carbonyl (C=O) groups excluding carboxylic acids is 2. The van der Waals surface area contributed by atoms with Gasteiger partial charge in [0.2, 0.25) is 0 Å². The van der Waals surface area contributed by atoms with Crippen LogP contribution in [-0.2, 0) is 14.3 Å². The molecule has 1 unspecified atom stereocenters. The first kappa shape index (κ1) is 30.0. The van der Waals surface area contributed by atoms with E-state index in [0.717, 1.165) is 62.5 Å². The number of esters is 2. The molecule has 2 aromatic rings. The highest BCUT2D eigenvalue weighted by Crippen LogP contribution is 2.33. The molecule has 0 radical (unpaired) electrons. The van der Waals surface area contributed by atoms with Gasteiger partial charge in [0.25, 0.3) is 0 Å². The van der Waals surface area contributed by atoms with Gasteiger partial charge in [0, 0.05) is 23.4 Å². The number of rotatable bonds is 14. The maximum absolute atomic E-state index is 12.6. The van der Waals surface area contributed by atoms with Gasteiger partial charge in [0.15, 0.2) is 0 Å². The molecule has 6 nitrogen and oxygen atoms in total. The topological polar surface area (TPSA) is 105 Å². The lowest BCUT2D eigenvalue weighted by molar-refractivity contribution is -0.140. The zero-order chi connectivity index (χ0) is 28.0. The number of unbranched alkanes of at least 4 members (excludes halogenated alkanes) is 2. The lowest BCUT2D eigenvalue weighted by Crippen LogP contribution is -2.25. The molecule has 0 saturated heterocycles. The van der Waals surface area contributed by atoms with Gasteiger partial charge < -0.3 is 20.9 Å². The summed E-state index contributed by atoms with van der Waals surface area (Å²) >= 11 is 0. The van der Waals surface area contributed by atoms with E-state index in [0.29, 0.717) is 23.0 Å². The smallest absolute Gasteiger partial charge is 0.330 e. The molecular weight excluding hydrogens is 488 g/mol. The first-order valence-electron chi connectivity index (χ1n) is 14.3. The lowest BCUT2D eigenvalue weighted by atomic mass is 9.80. The van der Waals surface area contributed by atoms with E-state index in [9.17, 15) is 9.59 Å². The first-order chi connectivity index (χ1) is 18.9. The Morgan fingerprint density at radius 2 is 1.72 bits per heavy atom. The molecule has 0 amide bonds. The highest BCUT2D eigenvalue weighted by molar-refractivity contribution is 5.87. The fraction of sp³-hybridized carbons (Fsp3) is 0.455. The van der Waals surface area contributed by atoms with E-state index in [1.54, 1.807) is 24.3 Å². The van der Waals surface area contributed by atoms with Crippen LogP contribution in [0.25, 0.3) is 6.08 Å². The minimum Gasteiger partial charge on any atom is -0.462 e. The third-order valence-electron chi connectivity index (χ3n) is 7.52. The number of ether oxygens (including phenoxy) is 2. The van der Waals surface area contributed by atoms with Crippen LogP contribution in [0.5, 0.6) is 5.75 Å². The molecule has 1 saturated carbocycles. The molecule has 39 heavy (non-hydrogen) atoms. The Labute approximate surface area is 233 Å². The molecule has 210 valence electrons. The van der Waals surface area contributed by atoms with Crippen molar-refractivity contribution in [1.29, 1.82) is 0 Å². The molecule has 1 aliphatic carbocycles. The number of nitrogens with two attached hydrogens (primary N) is 2. The highest BCUT2D eigenvalue weighted by atomic mass is 16.5. The van der Waals surface area contributed by atoms with Crippen molar-refractivity contribution in [2.45, 2.75) is 77.0 Å². The average molecular weight is 533 g/mol. The number of anilines is 2. The van der Waals surface area contributed by atoms with Gasteiger partial charge in [0.05, 0.1) is 12.5 Å². The summed E-state index contributed by atoms with van der Waals surface area (Å²) < 4.78 is 11.2. The van der Waals surface area contributed by atoms with Crippen molar-refractivity contribution in [2.24, 2.45) is 11.8 Å². The quantitative estimate of drug-likeness (QED) is 0.0654. The minimum absolute atomic E-state index is 0.0279. The van der Waals surface area contributed by atoms with Crippen molar-refractivity contribution >= 4 is 29.4 Å². The van der Waals surface area contributed by atoms with Crippen LogP contribution in [0.1, 0.15) is 88.2 Å². The standard InChI is InChI=1S/C33H44N2O4/c1-3-5-7-8-24-10-15-26(16-11-24)33(37)39-31-17-12-25(13-18-31)14-19-32(36)38-23-27(9-6-4-2)28-20-29(34)22-30(35)21-28/h3,12-14,17-22,24,26-27H,1,4-11,15-16,23,34-35H2,2H3/b19-14+. The molecule has 0 aliphatic heterocycles. The number of nitrogen functional groups attached to an aromatic ring is 2. The van der Waals surface area contributed by atoms with E-state index in [-0.39, 0.29) is 24.4 Å². The van der Waals surface area contributed by atoms with Gasteiger partial charge in [-0.05, 0) is 98.4 Å². The second kappa shape index (κ2) is 15.8. The lowest BCUT2D eigenvalue weighted by Gasteiger charge is -2.27. The third kappa shape index (κ3) is 10.3. The summed E-state index contributed by atoms with van der Waals surface area (Å²) in [7, 11) is 0. The normalized spacial score (nSPS) is 18.0. The molecule has 3 rings (SSSR count). The van der Waals surface area contributed by atoms with Crippen molar-refractivity contribution in [3.63, 3.8) is 0 Å². The number of benzene rings is 2. The second-order valence-electron chi connectivity index (χ2n) is 10.7. The Hall–Kier alpha value is -3.54. The molecule has 1 aliphatic rings. The summed E-state index contributed by atoms with van der Waals surface area (Å²) in [6.45, 7) is 6.18.